The van der Waals surface area contributed by atoms with E-state index in [0.717, 1.165) is 15.9 Å². The van der Waals surface area contributed by atoms with Gasteiger partial charge in [-0.1, -0.05) is 53.2 Å². The first-order chi connectivity index (χ1) is 9.24. The molecule has 0 bridgehead atoms. The van der Waals surface area contributed by atoms with Crippen molar-refractivity contribution >= 4 is 45.9 Å². The van der Waals surface area contributed by atoms with Crippen molar-refractivity contribution in [1.29, 1.82) is 0 Å². The molecule has 0 aliphatic rings. The van der Waals surface area contributed by atoms with Gasteiger partial charge < -0.3 is 0 Å². The van der Waals surface area contributed by atoms with Gasteiger partial charge in [0, 0.05) is 5.39 Å². The van der Waals surface area contributed by atoms with Crippen molar-refractivity contribution in [1.82, 2.24) is 20.2 Å². The molecule has 19 heavy (non-hydrogen) atoms. The Kier molecular flexibility index (Phi) is 3.50. The maximum absolute atomic E-state index is 6.00. The summed E-state index contributed by atoms with van der Waals surface area (Å²) in [4.78, 5) is 9.20. The van der Waals surface area contributed by atoms with Crippen LogP contribution in [-0.2, 0) is 0 Å². The normalized spacial score (nSPS) is 10.8. The van der Waals surface area contributed by atoms with Crippen molar-refractivity contribution in [3.63, 3.8) is 0 Å². The molecule has 0 aliphatic carbocycles. The summed E-state index contributed by atoms with van der Waals surface area (Å²) < 4.78 is 0. The number of aromatic nitrogens is 4. The molecular formula is C12H6Cl2N4S. The molecule has 0 atom stereocenters. The summed E-state index contributed by atoms with van der Waals surface area (Å²) in [5.41, 5.74) is 0.879. The maximum atomic E-state index is 6.00. The number of fused-ring (bicyclic) bond motifs is 1. The van der Waals surface area contributed by atoms with E-state index in [1.54, 1.807) is 6.07 Å². The third-order valence-corrected chi connectivity index (χ3v) is 4.03. The maximum Gasteiger partial charge on any atom is 0.165 e. The average Bonchev–Trinajstić information content (AvgIpc) is 2.43. The highest BCUT2D eigenvalue weighted by molar-refractivity contribution is 7.99. The zero-order valence-corrected chi connectivity index (χ0v) is 11.7. The minimum absolute atomic E-state index is 0.297. The van der Waals surface area contributed by atoms with Gasteiger partial charge in [0.25, 0.3) is 0 Å². The largest absolute Gasteiger partial charge is 0.236 e. The van der Waals surface area contributed by atoms with Gasteiger partial charge in [-0.05, 0) is 12.1 Å². The van der Waals surface area contributed by atoms with E-state index in [1.165, 1.54) is 18.1 Å². The van der Waals surface area contributed by atoms with Crippen LogP contribution in [0, 0.1) is 0 Å². The van der Waals surface area contributed by atoms with Gasteiger partial charge in [0.05, 0.1) is 10.4 Å². The quantitative estimate of drug-likeness (QED) is 0.672. The Morgan fingerprint density at radius 2 is 1.84 bits per heavy atom. The highest BCUT2D eigenvalue weighted by atomic mass is 35.5. The predicted molar refractivity (Wildman–Crippen MR) is 75.7 cm³/mol. The van der Waals surface area contributed by atoms with Crippen molar-refractivity contribution in [2.45, 2.75) is 9.92 Å². The topological polar surface area (TPSA) is 51.6 Å². The summed E-state index contributed by atoms with van der Waals surface area (Å²) in [7, 11) is 0. The molecule has 0 saturated carbocycles. The Bertz CT molecular complexity index is 745. The third-order valence-electron chi connectivity index (χ3n) is 2.40. The number of rotatable bonds is 2. The standard InChI is InChI=1S/C12H6Cl2N4S/c13-10-5-9(11(14)18-17-10)19-12-7-3-1-2-4-8(7)15-6-16-12/h1-6H. The summed E-state index contributed by atoms with van der Waals surface area (Å²) in [6.07, 6.45) is 1.52. The molecule has 0 fully saturated rings. The van der Waals surface area contributed by atoms with E-state index in [0.29, 0.717) is 15.2 Å². The number of nitrogens with zero attached hydrogens (tertiary/aromatic N) is 4. The molecule has 2 heterocycles. The fourth-order valence-electron chi connectivity index (χ4n) is 1.57. The lowest BCUT2D eigenvalue weighted by Gasteiger charge is -2.05. The Morgan fingerprint density at radius 3 is 2.74 bits per heavy atom. The summed E-state index contributed by atoms with van der Waals surface area (Å²) >= 11 is 13.2. The fourth-order valence-corrected chi connectivity index (χ4v) is 2.88. The third kappa shape index (κ3) is 2.63. The lowest BCUT2D eigenvalue weighted by Crippen LogP contribution is -1.89. The van der Waals surface area contributed by atoms with E-state index in [4.69, 9.17) is 23.2 Å². The van der Waals surface area contributed by atoms with Gasteiger partial charge in [-0.15, -0.1) is 10.2 Å². The molecule has 0 unspecified atom stereocenters. The molecule has 0 radical (unpaired) electrons. The van der Waals surface area contributed by atoms with Crippen molar-refractivity contribution in [3.8, 4) is 0 Å². The van der Waals surface area contributed by atoms with Gasteiger partial charge in [-0.3, -0.25) is 0 Å². The van der Waals surface area contributed by atoms with E-state index >= 15 is 0 Å². The van der Waals surface area contributed by atoms with Crippen LogP contribution < -0.4 is 0 Å². The van der Waals surface area contributed by atoms with Crippen LogP contribution in [0.4, 0.5) is 0 Å². The van der Waals surface area contributed by atoms with Gasteiger partial charge >= 0.3 is 0 Å². The molecule has 0 saturated heterocycles. The molecule has 2 aromatic heterocycles. The first kappa shape index (κ1) is 12.6. The Labute approximate surface area is 123 Å². The lowest BCUT2D eigenvalue weighted by atomic mass is 10.2. The Morgan fingerprint density at radius 1 is 1.00 bits per heavy atom. The van der Waals surface area contributed by atoms with E-state index in [-0.39, 0.29) is 0 Å². The van der Waals surface area contributed by atoms with E-state index in [1.807, 2.05) is 24.3 Å². The fraction of sp³-hybridized carbons (Fsp3) is 0. The lowest BCUT2D eigenvalue weighted by molar-refractivity contribution is 0.996. The smallest absolute Gasteiger partial charge is 0.165 e. The molecule has 0 N–H and O–H groups in total. The van der Waals surface area contributed by atoms with Crippen LogP contribution in [0.3, 0.4) is 0 Å². The Balaban J connectivity index is 2.08. The second-order valence-electron chi connectivity index (χ2n) is 3.62. The van der Waals surface area contributed by atoms with Gasteiger partial charge in [0.1, 0.15) is 11.4 Å². The summed E-state index contributed by atoms with van der Waals surface area (Å²) in [6, 6.07) is 9.43. The van der Waals surface area contributed by atoms with Gasteiger partial charge in [0.15, 0.2) is 10.3 Å². The van der Waals surface area contributed by atoms with Crippen LogP contribution in [-0.4, -0.2) is 20.2 Å². The van der Waals surface area contributed by atoms with Crippen LogP contribution in [0.15, 0.2) is 46.6 Å². The molecule has 0 aliphatic heterocycles. The highest BCUT2D eigenvalue weighted by Crippen LogP contribution is 2.34. The summed E-state index contributed by atoms with van der Waals surface area (Å²) in [5.74, 6) is 0. The molecule has 3 aromatic rings. The number of para-hydroxylation sites is 1. The van der Waals surface area contributed by atoms with Crippen LogP contribution in [0.25, 0.3) is 10.9 Å². The van der Waals surface area contributed by atoms with Crippen molar-refractivity contribution in [2.75, 3.05) is 0 Å². The highest BCUT2D eigenvalue weighted by Gasteiger charge is 2.10. The molecule has 94 valence electrons. The molecule has 1 aromatic carbocycles. The Hall–Kier alpha value is -1.43. The van der Waals surface area contributed by atoms with Crippen molar-refractivity contribution in [3.05, 3.63) is 47.0 Å². The van der Waals surface area contributed by atoms with Gasteiger partial charge in [-0.2, -0.15) is 0 Å². The molecule has 0 amide bonds. The predicted octanol–water partition coefficient (Wildman–Crippen LogP) is 3.88. The molecule has 3 rings (SSSR count). The van der Waals surface area contributed by atoms with E-state index in [2.05, 4.69) is 20.2 Å². The minimum Gasteiger partial charge on any atom is -0.236 e. The van der Waals surface area contributed by atoms with Crippen LogP contribution in [0.2, 0.25) is 10.3 Å². The zero-order chi connectivity index (χ0) is 13.2. The number of hydrogen-bond donors (Lipinski definition) is 0. The summed E-state index contributed by atoms with van der Waals surface area (Å²) in [6.45, 7) is 0. The van der Waals surface area contributed by atoms with Gasteiger partial charge in [0.2, 0.25) is 0 Å². The number of hydrogen-bond acceptors (Lipinski definition) is 5. The van der Waals surface area contributed by atoms with Gasteiger partial charge in [-0.25, -0.2) is 9.97 Å². The van der Waals surface area contributed by atoms with Crippen LogP contribution in [0.1, 0.15) is 0 Å². The number of benzene rings is 1. The second-order valence-corrected chi connectivity index (χ2v) is 5.40. The van der Waals surface area contributed by atoms with Crippen LogP contribution in [0.5, 0.6) is 0 Å². The average molecular weight is 309 g/mol. The number of halogens is 2. The molecule has 4 nitrogen and oxygen atoms in total. The summed E-state index contributed by atoms with van der Waals surface area (Å²) in [5, 5.41) is 9.81. The van der Waals surface area contributed by atoms with E-state index < -0.39 is 0 Å². The SMILES string of the molecule is Clc1cc(Sc2ncnc3ccccc23)c(Cl)nn1. The molecule has 0 spiro atoms. The van der Waals surface area contributed by atoms with Crippen LogP contribution >= 0.6 is 35.0 Å². The molecular weight excluding hydrogens is 303 g/mol. The monoisotopic (exact) mass is 308 g/mol. The second kappa shape index (κ2) is 5.28. The van der Waals surface area contributed by atoms with Crippen molar-refractivity contribution in [2.24, 2.45) is 0 Å². The first-order valence-corrected chi connectivity index (χ1v) is 6.87. The zero-order valence-electron chi connectivity index (χ0n) is 9.42. The van der Waals surface area contributed by atoms with E-state index in [9.17, 15) is 0 Å². The molecule has 7 heteroatoms. The first-order valence-electron chi connectivity index (χ1n) is 5.30. The van der Waals surface area contributed by atoms with Crippen molar-refractivity contribution < 1.29 is 0 Å². The minimum atomic E-state index is 0.297.